The maximum Gasteiger partial charge on any atom is 0.257 e. The minimum Gasteiger partial charge on any atom is -0.369 e. The Balaban J connectivity index is 1.34. The number of para-hydroxylation sites is 2. The fraction of sp³-hybridized carbons (Fsp3) is 0.143. The molecule has 0 saturated heterocycles. The number of hydrogen-bond donors (Lipinski definition) is 3. The quantitative estimate of drug-likeness (QED) is 0.329. The number of nitrogens with one attached hydrogen (secondary N) is 2. The minimum atomic E-state index is -0.387. The molecule has 2 aromatic heterocycles. The van der Waals surface area contributed by atoms with Gasteiger partial charge in [-0.15, -0.1) is 11.8 Å². The van der Waals surface area contributed by atoms with Crippen LogP contribution < -0.4 is 11.1 Å². The van der Waals surface area contributed by atoms with Crippen LogP contribution in [0.1, 0.15) is 21.6 Å². The van der Waals surface area contributed by atoms with Crippen LogP contribution >= 0.6 is 34.9 Å². The molecule has 31 heavy (non-hydrogen) atoms. The van der Waals surface area contributed by atoms with Crippen LogP contribution in [0.5, 0.6) is 0 Å². The molecule has 2 heterocycles. The Morgan fingerprint density at radius 2 is 1.87 bits per heavy atom. The number of aromatic amines is 1. The van der Waals surface area contributed by atoms with E-state index in [1.807, 2.05) is 43.3 Å². The van der Waals surface area contributed by atoms with E-state index in [1.165, 1.54) is 23.1 Å². The van der Waals surface area contributed by atoms with Gasteiger partial charge in [-0.1, -0.05) is 47.4 Å². The van der Waals surface area contributed by atoms with Crippen molar-refractivity contribution in [1.82, 2.24) is 15.0 Å². The molecule has 0 aliphatic heterocycles. The van der Waals surface area contributed by atoms with Gasteiger partial charge >= 0.3 is 0 Å². The second-order valence-corrected chi connectivity index (χ2v) is 9.85. The Hall–Kier alpha value is -2.82. The Labute approximate surface area is 191 Å². The predicted molar refractivity (Wildman–Crippen MR) is 127 cm³/mol. The number of anilines is 1. The van der Waals surface area contributed by atoms with E-state index in [0.29, 0.717) is 10.7 Å². The van der Waals surface area contributed by atoms with E-state index < -0.39 is 0 Å². The lowest BCUT2D eigenvalue weighted by Gasteiger charge is -2.04. The molecule has 4 aromatic rings. The first-order valence-electron chi connectivity index (χ1n) is 9.34. The van der Waals surface area contributed by atoms with E-state index in [1.54, 1.807) is 23.9 Å². The summed E-state index contributed by atoms with van der Waals surface area (Å²) in [4.78, 5) is 35.7. The van der Waals surface area contributed by atoms with Gasteiger partial charge < -0.3 is 10.7 Å². The molecule has 0 spiro atoms. The lowest BCUT2D eigenvalue weighted by Crippen LogP contribution is -2.12. The normalized spacial score (nSPS) is 11.0. The number of aromatic nitrogens is 3. The molecule has 4 rings (SSSR count). The third kappa shape index (κ3) is 5.46. The molecule has 2 aromatic carbocycles. The molecule has 7 nitrogen and oxygen atoms in total. The molecule has 2 amide bonds. The first-order valence-corrected chi connectivity index (χ1v) is 12.1. The predicted octanol–water partition coefficient (Wildman–Crippen LogP) is 4.45. The molecule has 0 unspecified atom stereocenters. The molecule has 0 aliphatic rings. The zero-order valence-corrected chi connectivity index (χ0v) is 19.0. The van der Waals surface area contributed by atoms with E-state index in [9.17, 15) is 9.59 Å². The van der Waals surface area contributed by atoms with Gasteiger partial charge in [0.1, 0.15) is 0 Å². The number of benzene rings is 2. The number of carbonyl (C=O) groups excluding carboxylic acids is 2. The smallest absolute Gasteiger partial charge is 0.257 e. The van der Waals surface area contributed by atoms with Crippen molar-refractivity contribution in [3.05, 3.63) is 65.4 Å². The van der Waals surface area contributed by atoms with Crippen molar-refractivity contribution in [3.8, 4) is 0 Å². The summed E-state index contributed by atoms with van der Waals surface area (Å²) in [5, 5.41) is 4.18. The van der Waals surface area contributed by atoms with Crippen LogP contribution in [0.3, 0.4) is 0 Å². The molecular weight excluding hydrogens is 450 g/mol. The minimum absolute atomic E-state index is 0.184. The number of thioether (sulfide) groups is 2. The average molecular weight is 470 g/mol. The Bertz CT molecular complexity index is 1200. The molecule has 10 heteroatoms. The molecule has 0 fully saturated rings. The van der Waals surface area contributed by atoms with Gasteiger partial charge in [0.2, 0.25) is 5.91 Å². The van der Waals surface area contributed by atoms with Crippen molar-refractivity contribution in [3.63, 3.8) is 0 Å². The van der Waals surface area contributed by atoms with Gasteiger partial charge in [0.15, 0.2) is 10.3 Å². The number of nitrogens with zero attached hydrogens (tertiary/aromatic N) is 2. The largest absolute Gasteiger partial charge is 0.369 e. The molecule has 0 atom stereocenters. The van der Waals surface area contributed by atoms with Gasteiger partial charge in [-0.25, -0.2) is 9.97 Å². The van der Waals surface area contributed by atoms with Gasteiger partial charge in [0, 0.05) is 11.3 Å². The Kier molecular flexibility index (Phi) is 6.59. The van der Waals surface area contributed by atoms with Crippen molar-refractivity contribution < 1.29 is 9.59 Å². The second kappa shape index (κ2) is 9.54. The fourth-order valence-electron chi connectivity index (χ4n) is 2.78. The van der Waals surface area contributed by atoms with Crippen molar-refractivity contribution in [2.45, 2.75) is 22.0 Å². The topological polar surface area (TPSA) is 114 Å². The molecule has 0 radical (unpaired) electrons. The molecule has 0 saturated carbocycles. The number of carbonyl (C=O) groups is 2. The van der Waals surface area contributed by atoms with E-state index in [0.717, 1.165) is 37.4 Å². The van der Waals surface area contributed by atoms with Crippen LogP contribution in [0.25, 0.3) is 11.0 Å². The van der Waals surface area contributed by atoms with Crippen molar-refractivity contribution in [2.75, 3.05) is 11.1 Å². The maximum atomic E-state index is 12.5. The number of nitrogens with two attached hydrogens (primary N) is 1. The highest BCUT2D eigenvalue weighted by Gasteiger charge is 2.13. The lowest BCUT2D eigenvalue weighted by atomic mass is 10.1. The van der Waals surface area contributed by atoms with Crippen molar-refractivity contribution >= 4 is 62.8 Å². The highest BCUT2D eigenvalue weighted by Crippen LogP contribution is 2.32. The molecule has 158 valence electrons. The van der Waals surface area contributed by atoms with Crippen LogP contribution in [0.4, 0.5) is 5.13 Å². The summed E-state index contributed by atoms with van der Waals surface area (Å²) in [6.45, 7) is 1.84. The molecule has 0 bridgehead atoms. The summed E-state index contributed by atoms with van der Waals surface area (Å²) in [6.07, 6.45) is 0. The van der Waals surface area contributed by atoms with Crippen LogP contribution in [0.2, 0.25) is 0 Å². The Morgan fingerprint density at radius 3 is 2.61 bits per heavy atom. The zero-order chi connectivity index (χ0) is 21.8. The summed E-state index contributed by atoms with van der Waals surface area (Å²) >= 11 is 4.28. The third-order valence-corrected chi connectivity index (χ3v) is 7.68. The van der Waals surface area contributed by atoms with Gasteiger partial charge in [-0.05, 0) is 36.8 Å². The van der Waals surface area contributed by atoms with Crippen LogP contribution in [0, 0.1) is 6.92 Å². The average Bonchev–Trinajstić information content (AvgIpc) is 3.33. The van der Waals surface area contributed by atoms with Crippen molar-refractivity contribution in [1.29, 1.82) is 0 Å². The van der Waals surface area contributed by atoms with Gasteiger partial charge in [0.05, 0.1) is 26.7 Å². The van der Waals surface area contributed by atoms with E-state index >= 15 is 0 Å². The van der Waals surface area contributed by atoms with Crippen LogP contribution in [0.15, 0.2) is 57.9 Å². The zero-order valence-electron chi connectivity index (χ0n) is 16.5. The maximum absolute atomic E-state index is 12.5. The van der Waals surface area contributed by atoms with Gasteiger partial charge in [0.25, 0.3) is 5.91 Å². The van der Waals surface area contributed by atoms with Gasteiger partial charge in [-0.3, -0.25) is 14.9 Å². The SMILES string of the molecule is Cc1nc(NC(=O)c2ccc(CSc3nc4ccccc4[nH]3)cc2)sc1SCC(N)=O. The third-order valence-electron chi connectivity index (χ3n) is 4.28. The number of hydrogen-bond acceptors (Lipinski definition) is 7. The first-order chi connectivity index (χ1) is 15.0. The summed E-state index contributed by atoms with van der Waals surface area (Å²) < 4.78 is 0.868. The summed E-state index contributed by atoms with van der Waals surface area (Å²) in [6, 6.07) is 15.4. The number of imidazole rings is 1. The molecular formula is C21H19N5O2S3. The first kappa shape index (κ1) is 21.4. The van der Waals surface area contributed by atoms with E-state index in [4.69, 9.17) is 5.73 Å². The second-order valence-electron chi connectivity index (χ2n) is 6.65. The molecule has 0 aliphatic carbocycles. The number of fused-ring (bicyclic) bond motifs is 1. The van der Waals surface area contributed by atoms with Crippen LogP contribution in [-0.2, 0) is 10.5 Å². The number of aryl methyl sites for hydroxylation is 1. The molecule has 4 N–H and O–H groups in total. The standard InChI is InChI=1S/C21H19N5O2S3/c1-12-19(29-11-17(22)27)31-21(23-12)26-18(28)14-8-6-13(7-9-14)10-30-20-24-15-4-2-3-5-16(15)25-20/h2-9H,10-11H2,1H3,(H2,22,27)(H,24,25)(H,23,26,28). The number of thiazole rings is 1. The van der Waals surface area contributed by atoms with Crippen LogP contribution in [-0.4, -0.2) is 32.5 Å². The number of primary amides is 1. The highest BCUT2D eigenvalue weighted by atomic mass is 32.2. The highest BCUT2D eigenvalue weighted by molar-refractivity contribution is 8.01. The van der Waals surface area contributed by atoms with E-state index in [2.05, 4.69) is 20.3 Å². The van der Waals surface area contributed by atoms with Crippen molar-refractivity contribution in [2.24, 2.45) is 5.73 Å². The monoisotopic (exact) mass is 469 g/mol. The summed E-state index contributed by atoms with van der Waals surface area (Å²) in [5.41, 5.74) is 9.57. The Morgan fingerprint density at radius 1 is 1.10 bits per heavy atom. The van der Waals surface area contributed by atoms with E-state index in [-0.39, 0.29) is 17.6 Å². The number of rotatable bonds is 8. The number of H-pyrrole nitrogens is 1. The summed E-state index contributed by atoms with van der Waals surface area (Å²) in [5.74, 6) is 0.316. The fourth-order valence-corrected chi connectivity index (χ4v) is 5.49. The summed E-state index contributed by atoms with van der Waals surface area (Å²) in [7, 11) is 0. The van der Waals surface area contributed by atoms with Gasteiger partial charge in [-0.2, -0.15) is 0 Å². The number of amides is 2. The lowest BCUT2D eigenvalue weighted by molar-refractivity contribution is -0.115.